The number of nitrogens with zero attached hydrogens (tertiary/aromatic N) is 2. The van der Waals surface area contributed by atoms with Crippen LogP contribution in [0.15, 0.2) is 18.3 Å². The Labute approximate surface area is 116 Å². The quantitative estimate of drug-likeness (QED) is 0.844. The Hall–Kier alpha value is -1.62. The molecule has 0 aliphatic carbocycles. The number of likely N-dealkylation sites (tertiary alicyclic amines) is 1. The van der Waals surface area contributed by atoms with Gasteiger partial charge in [0.2, 0.25) is 0 Å². The molecule has 1 aliphatic heterocycles. The molecule has 102 valence electrons. The normalized spacial score (nSPS) is 19.8. The second-order valence-corrected chi connectivity index (χ2v) is 4.96. The number of carbonyl (C=O) groups is 2. The molecule has 0 bridgehead atoms. The Morgan fingerprint density at radius 3 is 2.84 bits per heavy atom. The Kier molecular flexibility index (Phi) is 4.37. The predicted molar refractivity (Wildman–Crippen MR) is 70.2 cm³/mol. The van der Waals surface area contributed by atoms with Gasteiger partial charge >= 0.3 is 5.97 Å². The monoisotopic (exact) mass is 282 g/mol. The summed E-state index contributed by atoms with van der Waals surface area (Å²) in [7, 11) is 0. The molecule has 1 saturated heterocycles. The van der Waals surface area contributed by atoms with Gasteiger partial charge in [-0.2, -0.15) is 0 Å². The van der Waals surface area contributed by atoms with Crippen molar-refractivity contribution < 1.29 is 14.7 Å². The molecule has 1 atom stereocenters. The molecule has 0 aromatic carbocycles. The zero-order valence-corrected chi connectivity index (χ0v) is 11.1. The summed E-state index contributed by atoms with van der Waals surface area (Å²) in [6.45, 7) is 0.468. The molecule has 19 heavy (non-hydrogen) atoms. The molecule has 1 fully saturated rings. The van der Waals surface area contributed by atoms with Crippen molar-refractivity contribution in [3.63, 3.8) is 0 Å². The fourth-order valence-corrected chi connectivity index (χ4v) is 2.48. The lowest BCUT2D eigenvalue weighted by Crippen LogP contribution is -2.44. The molecular weight excluding hydrogens is 268 g/mol. The number of amides is 1. The van der Waals surface area contributed by atoms with Crippen molar-refractivity contribution in [3.8, 4) is 0 Å². The highest BCUT2D eigenvalue weighted by atomic mass is 35.5. The van der Waals surface area contributed by atoms with E-state index in [-0.39, 0.29) is 11.1 Å². The van der Waals surface area contributed by atoms with Gasteiger partial charge in [-0.3, -0.25) is 4.79 Å². The van der Waals surface area contributed by atoms with Gasteiger partial charge in [-0.05, 0) is 25.0 Å². The van der Waals surface area contributed by atoms with Crippen molar-refractivity contribution in [1.82, 2.24) is 9.88 Å². The highest BCUT2D eigenvalue weighted by Crippen LogP contribution is 2.20. The van der Waals surface area contributed by atoms with E-state index >= 15 is 0 Å². The third-order valence-electron chi connectivity index (χ3n) is 3.27. The van der Waals surface area contributed by atoms with E-state index in [0.29, 0.717) is 18.5 Å². The molecule has 1 aromatic rings. The smallest absolute Gasteiger partial charge is 0.326 e. The Balaban J connectivity index is 2.26. The van der Waals surface area contributed by atoms with Crippen LogP contribution in [0.3, 0.4) is 0 Å². The summed E-state index contributed by atoms with van der Waals surface area (Å²) in [4.78, 5) is 28.9. The Morgan fingerprint density at radius 2 is 2.16 bits per heavy atom. The van der Waals surface area contributed by atoms with Crippen molar-refractivity contribution in [2.75, 3.05) is 6.54 Å². The standard InChI is InChI=1S/C13H15ClN2O3/c14-11-8-9(5-6-15-11)12(17)16-7-3-1-2-4-10(16)13(18)19/h5-6,8,10H,1-4,7H2,(H,18,19). The first kappa shape index (κ1) is 13.8. The molecule has 0 radical (unpaired) electrons. The summed E-state index contributed by atoms with van der Waals surface area (Å²) < 4.78 is 0. The third-order valence-corrected chi connectivity index (χ3v) is 3.48. The molecule has 1 N–H and O–H groups in total. The van der Waals surface area contributed by atoms with Crippen LogP contribution in [-0.2, 0) is 4.79 Å². The number of hydrogen-bond acceptors (Lipinski definition) is 3. The van der Waals surface area contributed by atoms with E-state index in [1.807, 2.05) is 0 Å². The van der Waals surface area contributed by atoms with Crippen LogP contribution in [0.1, 0.15) is 36.0 Å². The highest BCUT2D eigenvalue weighted by molar-refractivity contribution is 6.29. The summed E-state index contributed by atoms with van der Waals surface area (Å²) in [6, 6.07) is 2.27. The van der Waals surface area contributed by atoms with E-state index in [1.165, 1.54) is 17.2 Å². The second-order valence-electron chi connectivity index (χ2n) is 4.57. The van der Waals surface area contributed by atoms with Crippen LogP contribution < -0.4 is 0 Å². The van der Waals surface area contributed by atoms with Crippen molar-refractivity contribution in [2.45, 2.75) is 31.7 Å². The highest BCUT2D eigenvalue weighted by Gasteiger charge is 2.31. The number of carbonyl (C=O) groups excluding carboxylic acids is 1. The zero-order valence-electron chi connectivity index (χ0n) is 10.4. The van der Waals surface area contributed by atoms with E-state index in [9.17, 15) is 14.7 Å². The third kappa shape index (κ3) is 3.23. The lowest BCUT2D eigenvalue weighted by atomic mass is 10.1. The first-order chi connectivity index (χ1) is 9.09. The number of rotatable bonds is 2. The van der Waals surface area contributed by atoms with Crippen molar-refractivity contribution in [1.29, 1.82) is 0 Å². The van der Waals surface area contributed by atoms with Crippen LogP contribution >= 0.6 is 11.6 Å². The minimum Gasteiger partial charge on any atom is -0.480 e. The molecule has 6 heteroatoms. The van der Waals surface area contributed by atoms with Gasteiger partial charge in [0.25, 0.3) is 5.91 Å². The molecule has 1 aliphatic rings. The maximum absolute atomic E-state index is 12.4. The van der Waals surface area contributed by atoms with Gasteiger partial charge in [0, 0.05) is 18.3 Å². The maximum atomic E-state index is 12.4. The zero-order chi connectivity index (χ0) is 13.8. The van der Waals surface area contributed by atoms with Gasteiger partial charge in [-0.15, -0.1) is 0 Å². The van der Waals surface area contributed by atoms with Crippen LogP contribution in [0.4, 0.5) is 0 Å². The summed E-state index contributed by atoms with van der Waals surface area (Å²) in [5.74, 6) is -1.24. The molecule has 1 amide bonds. The number of aromatic nitrogens is 1. The van der Waals surface area contributed by atoms with Crippen LogP contribution in [0.5, 0.6) is 0 Å². The van der Waals surface area contributed by atoms with Crippen LogP contribution in [0.2, 0.25) is 5.15 Å². The molecule has 2 rings (SSSR count). The lowest BCUT2D eigenvalue weighted by molar-refractivity contribution is -0.142. The average molecular weight is 283 g/mol. The molecular formula is C13H15ClN2O3. The molecule has 5 nitrogen and oxygen atoms in total. The van der Waals surface area contributed by atoms with Crippen molar-refractivity contribution in [2.24, 2.45) is 0 Å². The number of pyridine rings is 1. The van der Waals surface area contributed by atoms with E-state index in [2.05, 4.69) is 4.98 Å². The van der Waals surface area contributed by atoms with E-state index in [1.54, 1.807) is 6.07 Å². The SMILES string of the molecule is O=C(O)C1CCCCCN1C(=O)c1ccnc(Cl)c1. The maximum Gasteiger partial charge on any atom is 0.326 e. The summed E-state index contributed by atoms with van der Waals surface area (Å²) in [5.41, 5.74) is 0.383. The number of halogens is 1. The fourth-order valence-electron chi connectivity index (χ4n) is 2.31. The van der Waals surface area contributed by atoms with Crippen LogP contribution in [0, 0.1) is 0 Å². The first-order valence-corrected chi connectivity index (χ1v) is 6.62. The van der Waals surface area contributed by atoms with Gasteiger partial charge < -0.3 is 10.0 Å². The number of carboxylic acids is 1. The van der Waals surface area contributed by atoms with Gasteiger partial charge in [-0.25, -0.2) is 9.78 Å². The predicted octanol–water partition coefficient (Wildman–Crippen LogP) is 2.20. The first-order valence-electron chi connectivity index (χ1n) is 6.25. The number of hydrogen-bond donors (Lipinski definition) is 1. The lowest BCUT2D eigenvalue weighted by Gasteiger charge is -2.27. The van der Waals surface area contributed by atoms with E-state index < -0.39 is 12.0 Å². The van der Waals surface area contributed by atoms with Gasteiger partial charge in [0.1, 0.15) is 11.2 Å². The fraction of sp³-hybridized carbons (Fsp3) is 0.462. The molecule has 0 spiro atoms. The largest absolute Gasteiger partial charge is 0.480 e. The molecule has 1 aromatic heterocycles. The van der Waals surface area contributed by atoms with Crippen LogP contribution in [0.25, 0.3) is 0 Å². The number of carboxylic acid groups (broad SMARTS) is 1. The topological polar surface area (TPSA) is 70.5 Å². The van der Waals surface area contributed by atoms with Crippen LogP contribution in [-0.4, -0.2) is 39.5 Å². The molecule has 0 saturated carbocycles. The van der Waals surface area contributed by atoms with Crippen molar-refractivity contribution in [3.05, 3.63) is 29.0 Å². The average Bonchev–Trinajstić information content (AvgIpc) is 2.63. The van der Waals surface area contributed by atoms with E-state index in [4.69, 9.17) is 11.6 Å². The Bertz CT molecular complexity index is 493. The Morgan fingerprint density at radius 1 is 1.37 bits per heavy atom. The molecule has 1 unspecified atom stereocenters. The minimum atomic E-state index is -0.949. The van der Waals surface area contributed by atoms with Gasteiger partial charge in [-0.1, -0.05) is 24.4 Å². The van der Waals surface area contributed by atoms with E-state index in [0.717, 1.165) is 19.3 Å². The summed E-state index contributed by atoms with van der Waals surface area (Å²) in [6.07, 6.45) is 4.56. The minimum absolute atomic E-state index is 0.229. The van der Waals surface area contributed by atoms with Crippen molar-refractivity contribution >= 4 is 23.5 Å². The van der Waals surface area contributed by atoms with Gasteiger partial charge in [0.05, 0.1) is 0 Å². The van der Waals surface area contributed by atoms with Gasteiger partial charge in [0.15, 0.2) is 0 Å². The number of aliphatic carboxylic acids is 1. The summed E-state index contributed by atoms with van der Waals surface area (Å²) in [5, 5.41) is 9.48. The summed E-state index contributed by atoms with van der Waals surface area (Å²) >= 11 is 5.76. The second kappa shape index (κ2) is 6.02. The molecule has 2 heterocycles.